The number of pyridine rings is 1. The van der Waals surface area contributed by atoms with Crippen LogP contribution < -0.4 is 19.9 Å². The molecular formula is C40H44F3N7O4. The van der Waals surface area contributed by atoms with Crippen LogP contribution in [0.15, 0.2) is 54.7 Å². The Kier molecular flexibility index (Phi) is 11.1. The lowest BCUT2D eigenvalue weighted by molar-refractivity contribution is -0.138. The smallest absolute Gasteiger partial charge is 0.417 e. The standard InChI is InChI=1S/C40H44F3N7O4/c41-40(42,43)34-23-32(6-4-28(34)24-44)48-15-12-27(13-16-48)29-5-11-37(45-25-29)54-21-3-1-2-14-47-17-19-49(20-18-47)31-7-8-33-30(22-31)26-50(39(33)53)35-9-10-36(51)46-38(35)52/h4-8,11,22-23,25,27,35H,1-3,9-10,12-21,26H2,(H,46,51,52). The summed E-state index contributed by atoms with van der Waals surface area (Å²) in [5, 5.41) is 11.4. The molecule has 3 saturated heterocycles. The zero-order valence-electron chi connectivity index (χ0n) is 30.1. The van der Waals surface area contributed by atoms with Gasteiger partial charge in [0.1, 0.15) is 6.04 Å². The number of hydrogen-bond donors (Lipinski definition) is 1. The molecule has 1 aromatic heterocycles. The Morgan fingerprint density at radius 1 is 0.870 bits per heavy atom. The number of piperidine rings is 2. The van der Waals surface area contributed by atoms with Gasteiger partial charge in [0.2, 0.25) is 17.7 Å². The Balaban J connectivity index is 0.781. The topological polar surface area (TPSA) is 122 Å². The minimum absolute atomic E-state index is 0.153. The summed E-state index contributed by atoms with van der Waals surface area (Å²) in [5.74, 6) is 0.0147. The molecule has 3 amide bonds. The van der Waals surface area contributed by atoms with Crippen molar-refractivity contribution in [2.75, 3.05) is 62.2 Å². The first-order chi connectivity index (χ1) is 26.1. The lowest BCUT2D eigenvalue weighted by Crippen LogP contribution is -2.52. The van der Waals surface area contributed by atoms with E-state index in [0.29, 0.717) is 49.8 Å². The number of fused-ring (bicyclic) bond motifs is 1. The highest BCUT2D eigenvalue weighted by Crippen LogP contribution is 2.37. The highest BCUT2D eigenvalue weighted by atomic mass is 19.4. The fraction of sp³-hybridized carbons (Fsp3) is 0.475. The highest BCUT2D eigenvalue weighted by molar-refractivity contribution is 6.05. The van der Waals surface area contributed by atoms with E-state index < -0.39 is 23.7 Å². The summed E-state index contributed by atoms with van der Waals surface area (Å²) >= 11 is 0. The van der Waals surface area contributed by atoms with Gasteiger partial charge in [0.15, 0.2) is 0 Å². The number of piperazine rings is 1. The van der Waals surface area contributed by atoms with E-state index >= 15 is 0 Å². The third-order valence-electron chi connectivity index (χ3n) is 11.1. The van der Waals surface area contributed by atoms with Crippen LogP contribution in [-0.4, -0.2) is 91.0 Å². The Bertz CT molecular complexity index is 1900. The van der Waals surface area contributed by atoms with Crippen LogP contribution in [0, 0.1) is 11.3 Å². The van der Waals surface area contributed by atoms with Crippen molar-refractivity contribution in [3.8, 4) is 11.9 Å². The van der Waals surface area contributed by atoms with Crippen LogP contribution in [0.5, 0.6) is 5.88 Å². The number of ether oxygens (including phenoxy) is 1. The number of alkyl halides is 3. The maximum atomic E-state index is 13.4. The minimum atomic E-state index is -4.57. The van der Waals surface area contributed by atoms with Crippen LogP contribution in [-0.2, 0) is 22.3 Å². The van der Waals surface area contributed by atoms with Gasteiger partial charge in [-0.1, -0.05) is 6.07 Å². The van der Waals surface area contributed by atoms with E-state index in [9.17, 15) is 27.6 Å². The van der Waals surface area contributed by atoms with Crippen molar-refractivity contribution >= 4 is 29.1 Å². The molecule has 2 aromatic carbocycles. The summed E-state index contributed by atoms with van der Waals surface area (Å²) in [7, 11) is 0. The first kappa shape index (κ1) is 37.2. The van der Waals surface area contributed by atoms with Crippen LogP contribution in [0.2, 0.25) is 0 Å². The van der Waals surface area contributed by atoms with E-state index in [1.165, 1.54) is 6.07 Å². The van der Waals surface area contributed by atoms with E-state index in [-0.39, 0.29) is 29.7 Å². The third-order valence-corrected chi connectivity index (χ3v) is 11.1. The quantitative estimate of drug-likeness (QED) is 0.201. The van der Waals surface area contributed by atoms with Crippen molar-refractivity contribution in [1.29, 1.82) is 5.26 Å². The Hall–Kier alpha value is -5.16. The summed E-state index contributed by atoms with van der Waals surface area (Å²) < 4.78 is 46.2. The average molecular weight is 744 g/mol. The van der Waals surface area contributed by atoms with Crippen LogP contribution in [0.1, 0.15) is 83.5 Å². The second kappa shape index (κ2) is 16.1. The largest absolute Gasteiger partial charge is 0.478 e. The molecule has 7 rings (SSSR count). The molecule has 54 heavy (non-hydrogen) atoms. The number of nitrogens with one attached hydrogen (secondary N) is 1. The number of halogens is 3. The summed E-state index contributed by atoms with van der Waals surface area (Å²) in [6.45, 7) is 6.93. The molecule has 284 valence electrons. The van der Waals surface area contributed by atoms with Crippen LogP contribution in [0.25, 0.3) is 0 Å². The number of nitrogens with zero attached hydrogens (tertiary/aromatic N) is 6. The molecule has 3 fully saturated rings. The van der Waals surface area contributed by atoms with Gasteiger partial charge < -0.3 is 19.4 Å². The first-order valence-corrected chi connectivity index (χ1v) is 18.8. The van der Waals surface area contributed by atoms with Crippen molar-refractivity contribution in [1.82, 2.24) is 20.1 Å². The zero-order valence-corrected chi connectivity index (χ0v) is 30.1. The maximum Gasteiger partial charge on any atom is 0.417 e. The van der Waals surface area contributed by atoms with E-state index in [1.54, 1.807) is 17.0 Å². The highest BCUT2D eigenvalue weighted by Gasteiger charge is 2.39. The SMILES string of the molecule is N#Cc1ccc(N2CCC(c3ccc(OCCCCCN4CCN(c5ccc6c(c5)CN(C5CCC(=O)NC5=O)C6=O)CC4)nc3)CC2)cc1C(F)(F)F. The summed E-state index contributed by atoms with van der Waals surface area (Å²) in [4.78, 5) is 49.9. The van der Waals surface area contributed by atoms with E-state index in [4.69, 9.17) is 10.00 Å². The number of carbonyl (C=O) groups is 3. The molecule has 0 radical (unpaired) electrons. The summed E-state index contributed by atoms with van der Waals surface area (Å²) in [6, 6.07) is 14.8. The normalized spacial score (nSPS) is 19.9. The molecule has 5 heterocycles. The maximum absolute atomic E-state index is 13.4. The van der Waals surface area contributed by atoms with E-state index in [0.717, 1.165) is 87.7 Å². The van der Waals surface area contributed by atoms with Crippen LogP contribution >= 0.6 is 0 Å². The molecule has 11 nitrogen and oxygen atoms in total. The van der Waals surface area contributed by atoms with E-state index in [1.807, 2.05) is 35.4 Å². The number of unbranched alkanes of at least 4 members (excludes halogenated alkanes) is 2. The third kappa shape index (κ3) is 8.31. The molecule has 1 N–H and O–H groups in total. The van der Waals surface area contributed by atoms with Crippen LogP contribution in [0.4, 0.5) is 24.5 Å². The van der Waals surface area contributed by atoms with Gasteiger partial charge in [0.25, 0.3) is 5.91 Å². The number of anilines is 2. The molecule has 4 aliphatic heterocycles. The lowest BCUT2D eigenvalue weighted by atomic mass is 9.90. The fourth-order valence-corrected chi connectivity index (χ4v) is 8.03. The van der Waals surface area contributed by atoms with Crippen molar-refractivity contribution in [2.45, 2.75) is 69.6 Å². The molecule has 1 atom stereocenters. The van der Waals surface area contributed by atoms with E-state index in [2.05, 4.69) is 26.2 Å². The molecule has 14 heteroatoms. The second-order valence-electron chi connectivity index (χ2n) is 14.5. The van der Waals surface area contributed by atoms with Gasteiger partial charge >= 0.3 is 6.18 Å². The predicted molar refractivity (Wildman–Crippen MR) is 195 cm³/mol. The van der Waals surface area contributed by atoms with Crippen molar-refractivity contribution in [3.63, 3.8) is 0 Å². The minimum Gasteiger partial charge on any atom is -0.478 e. The number of amides is 3. The van der Waals surface area contributed by atoms with Crippen molar-refractivity contribution in [3.05, 3.63) is 82.5 Å². The van der Waals surface area contributed by atoms with Gasteiger partial charge in [-0.05, 0) is 98.5 Å². The van der Waals surface area contributed by atoms with Gasteiger partial charge in [-0.15, -0.1) is 0 Å². The van der Waals surface area contributed by atoms with Gasteiger partial charge in [0.05, 0.1) is 23.8 Å². The molecule has 0 bridgehead atoms. The van der Waals surface area contributed by atoms with Crippen LogP contribution in [0.3, 0.4) is 0 Å². The Morgan fingerprint density at radius 2 is 1.61 bits per heavy atom. The summed E-state index contributed by atoms with van der Waals surface area (Å²) in [5.41, 5.74) is 2.97. The Morgan fingerprint density at radius 3 is 2.31 bits per heavy atom. The second-order valence-corrected chi connectivity index (χ2v) is 14.5. The number of rotatable bonds is 11. The van der Waals surface area contributed by atoms with Crippen molar-refractivity contribution < 1.29 is 32.3 Å². The Labute approximate surface area is 312 Å². The molecule has 0 aliphatic carbocycles. The van der Waals surface area contributed by atoms with Crippen molar-refractivity contribution in [2.24, 2.45) is 0 Å². The molecule has 0 saturated carbocycles. The van der Waals surface area contributed by atoms with Gasteiger partial charge in [-0.2, -0.15) is 18.4 Å². The van der Waals surface area contributed by atoms with Gasteiger partial charge in [-0.25, -0.2) is 4.98 Å². The predicted octanol–water partition coefficient (Wildman–Crippen LogP) is 5.49. The van der Waals surface area contributed by atoms with Gasteiger partial charge in [-0.3, -0.25) is 24.6 Å². The zero-order chi connectivity index (χ0) is 37.8. The molecule has 1 unspecified atom stereocenters. The fourth-order valence-electron chi connectivity index (χ4n) is 8.03. The first-order valence-electron chi connectivity index (χ1n) is 18.8. The van der Waals surface area contributed by atoms with Gasteiger partial charge in [0, 0.05) is 81.4 Å². The molecule has 0 spiro atoms. The monoisotopic (exact) mass is 743 g/mol. The molecule has 3 aromatic rings. The lowest BCUT2D eigenvalue weighted by Gasteiger charge is -2.36. The summed E-state index contributed by atoms with van der Waals surface area (Å²) in [6.07, 6.45) is 2.50. The number of imide groups is 1. The average Bonchev–Trinajstić information content (AvgIpc) is 3.51. The number of carbonyl (C=O) groups excluding carboxylic acids is 3. The number of benzene rings is 2. The number of hydrogen-bond acceptors (Lipinski definition) is 9. The molecule has 4 aliphatic rings. The molecular weight excluding hydrogens is 699 g/mol. The number of aromatic nitrogens is 1. The number of nitriles is 1.